The largest absolute Gasteiger partial charge is 0.354 e. The Hall–Kier alpha value is -2.64. The second kappa shape index (κ2) is 7.08. The maximum atomic E-state index is 12.6. The molecule has 0 bridgehead atoms. The van der Waals surface area contributed by atoms with E-state index in [0.29, 0.717) is 6.54 Å². The molecule has 2 amide bonds. The first-order valence-corrected chi connectivity index (χ1v) is 8.85. The number of piperidine rings is 1. The summed E-state index contributed by atoms with van der Waals surface area (Å²) in [6, 6.07) is 6.33. The van der Waals surface area contributed by atoms with Gasteiger partial charge in [-0.25, -0.2) is 19.4 Å². The van der Waals surface area contributed by atoms with Crippen molar-refractivity contribution in [2.45, 2.75) is 31.3 Å². The van der Waals surface area contributed by atoms with Gasteiger partial charge in [-0.1, -0.05) is 6.07 Å². The van der Waals surface area contributed by atoms with E-state index in [1.54, 1.807) is 18.9 Å². The summed E-state index contributed by atoms with van der Waals surface area (Å²) in [6.07, 6.45) is 8.05. The fourth-order valence-electron chi connectivity index (χ4n) is 3.65. The quantitative estimate of drug-likeness (QED) is 0.910. The molecule has 4 heterocycles. The van der Waals surface area contributed by atoms with Gasteiger partial charge in [0, 0.05) is 38.4 Å². The van der Waals surface area contributed by atoms with Gasteiger partial charge < -0.3 is 15.1 Å². The zero-order valence-electron chi connectivity index (χ0n) is 14.2. The third-order valence-corrected chi connectivity index (χ3v) is 4.98. The van der Waals surface area contributed by atoms with Crippen LogP contribution in [0, 0.1) is 0 Å². The van der Waals surface area contributed by atoms with E-state index in [1.807, 2.05) is 27.8 Å². The Morgan fingerprint density at radius 3 is 2.96 bits per heavy atom. The number of likely N-dealkylation sites (tertiary alicyclic amines) is 1. The molecule has 0 aromatic carbocycles. The van der Waals surface area contributed by atoms with Gasteiger partial charge in [-0.05, 0) is 31.4 Å². The van der Waals surface area contributed by atoms with Gasteiger partial charge in [-0.3, -0.25) is 0 Å². The minimum absolute atomic E-state index is 0.0256. The van der Waals surface area contributed by atoms with Crippen LogP contribution in [0.2, 0.25) is 0 Å². The Balaban J connectivity index is 1.31. The van der Waals surface area contributed by atoms with Crippen molar-refractivity contribution in [3.8, 4) is 0 Å². The standard InChI is InChI=1S/C17H23N7O/c25-17(23-8-3-4-15(11-23)24-13-18-12-20-24)21-14-6-9-22(10-14)16-5-1-2-7-19-16/h1-2,5,7,12-15H,3-4,6,8-11H2,(H,21,25). The van der Waals surface area contributed by atoms with Crippen molar-refractivity contribution >= 4 is 11.8 Å². The van der Waals surface area contributed by atoms with Crippen molar-refractivity contribution in [1.29, 1.82) is 0 Å². The topological polar surface area (TPSA) is 79.2 Å². The van der Waals surface area contributed by atoms with Crippen molar-refractivity contribution < 1.29 is 4.79 Å². The molecule has 0 spiro atoms. The van der Waals surface area contributed by atoms with Crippen LogP contribution in [0.4, 0.5) is 10.6 Å². The zero-order valence-corrected chi connectivity index (χ0v) is 14.2. The van der Waals surface area contributed by atoms with Gasteiger partial charge in [-0.15, -0.1) is 0 Å². The summed E-state index contributed by atoms with van der Waals surface area (Å²) in [4.78, 5) is 25.2. The molecule has 25 heavy (non-hydrogen) atoms. The van der Waals surface area contributed by atoms with Crippen LogP contribution in [0.25, 0.3) is 0 Å². The molecule has 2 fully saturated rings. The van der Waals surface area contributed by atoms with Crippen LogP contribution < -0.4 is 10.2 Å². The van der Waals surface area contributed by atoms with Crippen molar-refractivity contribution in [2.24, 2.45) is 0 Å². The van der Waals surface area contributed by atoms with E-state index in [2.05, 4.69) is 25.3 Å². The molecule has 132 valence electrons. The highest BCUT2D eigenvalue weighted by molar-refractivity contribution is 5.74. The van der Waals surface area contributed by atoms with E-state index in [1.165, 1.54) is 0 Å². The van der Waals surface area contributed by atoms with Crippen molar-refractivity contribution in [3.05, 3.63) is 37.1 Å². The maximum absolute atomic E-state index is 12.6. The lowest BCUT2D eigenvalue weighted by atomic mass is 10.1. The van der Waals surface area contributed by atoms with Crippen molar-refractivity contribution in [1.82, 2.24) is 30.0 Å². The first-order chi connectivity index (χ1) is 12.3. The van der Waals surface area contributed by atoms with Gasteiger partial charge in [0.25, 0.3) is 0 Å². The minimum Gasteiger partial charge on any atom is -0.354 e. The molecule has 2 atom stereocenters. The fraction of sp³-hybridized carbons (Fsp3) is 0.529. The molecule has 1 N–H and O–H groups in total. The molecule has 2 aliphatic rings. The van der Waals surface area contributed by atoms with Gasteiger partial charge in [-0.2, -0.15) is 5.10 Å². The number of amides is 2. The van der Waals surface area contributed by atoms with Crippen LogP contribution in [-0.2, 0) is 0 Å². The second-order valence-electron chi connectivity index (χ2n) is 6.69. The molecule has 2 unspecified atom stereocenters. The Labute approximate surface area is 146 Å². The van der Waals surface area contributed by atoms with Gasteiger partial charge >= 0.3 is 6.03 Å². The molecule has 0 radical (unpaired) electrons. The van der Waals surface area contributed by atoms with Crippen LogP contribution in [0.1, 0.15) is 25.3 Å². The van der Waals surface area contributed by atoms with Crippen LogP contribution in [0.3, 0.4) is 0 Å². The lowest BCUT2D eigenvalue weighted by molar-refractivity contribution is 0.160. The smallest absolute Gasteiger partial charge is 0.317 e. The van der Waals surface area contributed by atoms with E-state index in [-0.39, 0.29) is 18.1 Å². The molecule has 2 saturated heterocycles. The highest BCUT2D eigenvalue weighted by atomic mass is 16.2. The Morgan fingerprint density at radius 1 is 1.20 bits per heavy atom. The fourth-order valence-corrected chi connectivity index (χ4v) is 3.65. The van der Waals surface area contributed by atoms with Gasteiger partial charge in [0.1, 0.15) is 18.5 Å². The summed E-state index contributed by atoms with van der Waals surface area (Å²) in [7, 11) is 0. The Morgan fingerprint density at radius 2 is 2.16 bits per heavy atom. The number of carbonyl (C=O) groups excluding carboxylic acids is 1. The van der Waals surface area contributed by atoms with Gasteiger partial charge in [0.05, 0.1) is 6.04 Å². The number of hydrogen-bond acceptors (Lipinski definition) is 5. The number of nitrogens with one attached hydrogen (secondary N) is 1. The zero-order chi connectivity index (χ0) is 17.1. The lowest BCUT2D eigenvalue weighted by Gasteiger charge is -2.33. The number of hydrogen-bond donors (Lipinski definition) is 1. The molecule has 2 aromatic heterocycles. The van der Waals surface area contributed by atoms with Crippen LogP contribution in [0.5, 0.6) is 0 Å². The molecular weight excluding hydrogens is 318 g/mol. The highest BCUT2D eigenvalue weighted by Gasteiger charge is 2.29. The molecular formula is C17H23N7O. The summed E-state index contributed by atoms with van der Waals surface area (Å²) in [6.45, 7) is 3.21. The third kappa shape index (κ3) is 3.57. The summed E-state index contributed by atoms with van der Waals surface area (Å²) in [5.41, 5.74) is 0. The van der Waals surface area contributed by atoms with Crippen molar-refractivity contribution in [2.75, 3.05) is 31.1 Å². The van der Waals surface area contributed by atoms with Crippen LogP contribution in [0.15, 0.2) is 37.1 Å². The molecule has 0 saturated carbocycles. The van der Waals surface area contributed by atoms with Crippen LogP contribution in [-0.4, -0.2) is 62.9 Å². The van der Waals surface area contributed by atoms with E-state index in [9.17, 15) is 4.79 Å². The van der Waals surface area contributed by atoms with Gasteiger partial charge in [0.15, 0.2) is 0 Å². The van der Waals surface area contributed by atoms with E-state index < -0.39 is 0 Å². The predicted molar refractivity (Wildman–Crippen MR) is 93.3 cm³/mol. The summed E-state index contributed by atoms with van der Waals surface area (Å²) in [5, 5.41) is 7.40. The summed E-state index contributed by atoms with van der Waals surface area (Å²) < 4.78 is 1.86. The normalized spacial score (nSPS) is 23.7. The summed E-state index contributed by atoms with van der Waals surface area (Å²) >= 11 is 0. The second-order valence-corrected chi connectivity index (χ2v) is 6.69. The Bertz CT molecular complexity index is 690. The minimum atomic E-state index is 0.0256. The van der Waals surface area contributed by atoms with E-state index >= 15 is 0 Å². The SMILES string of the molecule is O=C(NC1CCN(c2ccccn2)C1)N1CCCC(n2cncn2)C1. The summed E-state index contributed by atoms with van der Waals surface area (Å²) in [5.74, 6) is 0.975. The predicted octanol–water partition coefficient (Wildman–Crippen LogP) is 1.30. The van der Waals surface area contributed by atoms with Gasteiger partial charge in [0.2, 0.25) is 0 Å². The van der Waals surface area contributed by atoms with E-state index in [4.69, 9.17) is 0 Å². The molecule has 8 heteroatoms. The van der Waals surface area contributed by atoms with Crippen LogP contribution >= 0.6 is 0 Å². The van der Waals surface area contributed by atoms with E-state index in [0.717, 1.165) is 44.7 Å². The number of pyridine rings is 1. The number of carbonyl (C=O) groups is 1. The number of nitrogens with zero attached hydrogens (tertiary/aromatic N) is 6. The first-order valence-electron chi connectivity index (χ1n) is 8.85. The monoisotopic (exact) mass is 341 g/mol. The molecule has 2 aliphatic heterocycles. The lowest BCUT2D eigenvalue weighted by Crippen LogP contribution is -2.49. The molecule has 4 rings (SSSR count). The molecule has 8 nitrogen and oxygen atoms in total. The average molecular weight is 341 g/mol. The Kier molecular flexibility index (Phi) is 4.49. The molecule has 2 aromatic rings. The number of rotatable bonds is 3. The first kappa shape index (κ1) is 15.9. The maximum Gasteiger partial charge on any atom is 0.317 e. The third-order valence-electron chi connectivity index (χ3n) is 4.98. The number of aromatic nitrogens is 4. The van der Waals surface area contributed by atoms with Crippen molar-refractivity contribution in [3.63, 3.8) is 0 Å². The number of anilines is 1. The average Bonchev–Trinajstić information content (AvgIpc) is 3.35. The molecule has 0 aliphatic carbocycles. The number of urea groups is 1. The highest BCUT2D eigenvalue weighted by Crippen LogP contribution is 2.21.